The van der Waals surface area contributed by atoms with Gasteiger partial charge in [0.25, 0.3) is 0 Å². The number of methoxy groups -OCH3 is 1. The molecule has 0 spiro atoms. The summed E-state index contributed by atoms with van der Waals surface area (Å²) in [5, 5.41) is 19.4. The van der Waals surface area contributed by atoms with Crippen LogP contribution in [0.15, 0.2) is 37.1 Å². The highest BCUT2D eigenvalue weighted by atomic mass is 16.5. The van der Waals surface area contributed by atoms with Gasteiger partial charge in [-0.1, -0.05) is 12.6 Å². The van der Waals surface area contributed by atoms with Crippen molar-refractivity contribution in [2.24, 2.45) is 0 Å². The first-order valence-corrected chi connectivity index (χ1v) is 9.73. The van der Waals surface area contributed by atoms with E-state index >= 15 is 0 Å². The van der Waals surface area contributed by atoms with Crippen molar-refractivity contribution in [1.82, 2.24) is 24.6 Å². The lowest BCUT2D eigenvalue weighted by molar-refractivity contribution is -0.111. The molecule has 11 heteroatoms. The van der Waals surface area contributed by atoms with Crippen LogP contribution in [0, 0.1) is 11.3 Å². The third-order valence-electron chi connectivity index (χ3n) is 4.91. The lowest BCUT2D eigenvalue weighted by Crippen LogP contribution is -2.43. The Kier molecular flexibility index (Phi) is 5.61. The summed E-state index contributed by atoms with van der Waals surface area (Å²) in [7, 11) is 1.47. The Morgan fingerprint density at radius 2 is 2.26 bits per heavy atom. The number of hydrogen-bond acceptors (Lipinski definition) is 9. The molecule has 0 aromatic carbocycles. The van der Waals surface area contributed by atoms with Gasteiger partial charge in [0.15, 0.2) is 5.65 Å². The van der Waals surface area contributed by atoms with Crippen molar-refractivity contribution in [1.29, 1.82) is 5.26 Å². The quantitative estimate of drug-likeness (QED) is 0.571. The maximum absolute atomic E-state index is 11.6. The normalized spacial score (nSPS) is 15.9. The number of nitriles is 1. The number of hydrogen-bond donors (Lipinski definition) is 2. The molecule has 0 radical (unpaired) electrons. The number of rotatable bonds is 6. The molecule has 1 aliphatic rings. The molecular weight excluding hydrogens is 398 g/mol. The van der Waals surface area contributed by atoms with E-state index in [4.69, 9.17) is 10.00 Å². The lowest BCUT2D eigenvalue weighted by atomic mass is 10.1. The fraction of sp³-hybridized carbons (Fsp3) is 0.300. The second kappa shape index (κ2) is 8.66. The Morgan fingerprint density at radius 1 is 1.39 bits per heavy atom. The zero-order valence-electron chi connectivity index (χ0n) is 16.9. The highest BCUT2D eigenvalue weighted by molar-refractivity contribution is 5.97. The van der Waals surface area contributed by atoms with Crippen molar-refractivity contribution >= 4 is 29.3 Å². The molecule has 3 aromatic rings. The molecule has 4 rings (SSSR count). The number of piperidine rings is 1. The number of fused-ring (bicyclic) bond motifs is 1. The van der Waals surface area contributed by atoms with E-state index in [9.17, 15) is 4.79 Å². The summed E-state index contributed by atoms with van der Waals surface area (Å²) in [5.74, 6) is 1.39. The number of nitrogens with one attached hydrogen (secondary N) is 2. The standard InChI is InChI=1S/C20H21N9O2/c1-3-16(30)25-20-24-15-7-4-8-17(29(15)27-20)28-9-5-6-14(12-28)23-19-22-11-13(10-21)18(26-19)31-2/h3-4,7-8,11,14H,1,5-6,9,12H2,2H3,(H,22,23,26)(H,25,27,30)/t14-/m1/s1. The zero-order chi connectivity index (χ0) is 21.8. The van der Waals surface area contributed by atoms with Gasteiger partial charge in [0.2, 0.25) is 23.7 Å². The van der Waals surface area contributed by atoms with Gasteiger partial charge in [-0.15, -0.1) is 5.10 Å². The minimum atomic E-state index is -0.363. The van der Waals surface area contributed by atoms with Crippen LogP contribution in [0.5, 0.6) is 5.88 Å². The van der Waals surface area contributed by atoms with E-state index in [1.165, 1.54) is 19.4 Å². The molecule has 1 atom stereocenters. The molecule has 11 nitrogen and oxygen atoms in total. The van der Waals surface area contributed by atoms with Crippen molar-refractivity contribution in [3.8, 4) is 11.9 Å². The third kappa shape index (κ3) is 4.23. The van der Waals surface area contributed by atoms with E-state index in [0.29, 0.717) is 18.1 Å². The van der Waals surface area contributed by atoms with E-state index in [-0.39, 0.29) is 29.3 Å². The molecule has 1 saturated heterocycles. The number of ether oxygens (including phenoxy) is 1. The molecule has 1 fully saturated rings. The van der Waals surface area contributed by atoms with Crippen LogP contribution in [0.3, 0.4) is 0 Å². The van der Waals surface area contributed by atoms with Gasteiger partial charge in [0.05, 0.1) is 13.3 Å². The van der Waals surface area contributed by atoms with Crippen molar-refractivity contribution < 1.29 is 9.53 Å². The van der Waals surface area contributed by atoms with Crippen LogP contribution in [0.25, 0.3) is 5.65 Å². The maximum Gasteiger partial charge on any atom is 0.250 e. The summed E-state index contributed by atoms with van der Waals surface area (Å²) in [6, 6.07) is 7.79. The Hall–Kier alpha value is -4.20. The predicted octanol–water partition coefficient (Wildman–Crippen LogP) is 1.60. The first-order valence-electron chi connectivity index (χ1n) is 9.73. The van der Waals surface area contributed by atoms with Crippen LogP contribution in [0.4, 0.5) is 17.7 Å². The zero-order valence-corrected chi connectivity index (χ0v) is 16.9. The molecule has 3 aromatic heterocycles. The lowest BCUT2D eigenvalue weighted by Gasteiger charge is -2.34. The highest BCUT2D eigenvalue weighted by Crippen LogP contribution is 2.23. The highest BCUT2D eigenvalue weighted by Gasteiger charge is 2.23. The molecule has 2 N–H and O–H groups in total. The second-order valence-corrected chi connectivity index (χ2v) is 6.94. The van der Waals surface area contributed by atoms with Crippen molar-refractivity contribution in [3.63, 3.8) is 0 Å². The number of nitrogens with zero attached hydrogens (tertiary/aromatic N) is 7. The molecule has 0 aliphatic carbocycles. The van der Waals surface area contributed by atoms with Gasteiger partial charge < -0.3 is 15.0 Å². The van der Waals surface area contributed by atoms with Crippen LogP contribution in [0.2, 0.25) is 0 Å². The van der Waals surface area contributed by atoms with Crippen LogP contribution < -0.4 is 20.3 Å². The number of amides is 1. The fourth-order valence-electron chi connectivity index (χ4n) is 3.50. The average Bonchev–Trinajstić information content (AvgIpc) is 3.21. The van der Waals surface area contributed by atoms with Gasteiger partial charge in [-0.05, 0) is 31.1 Å². The minimum Gasteiger partial charge on any atom is -0.480 e. The summed E-state index contributed by atoms with van der Waals surface area (Å²) < 4.78 is 6.87. The molecule has 0 bridgehead atoms. The third-order valence-corrected chi connectivity index (χ3v) is 4.91. The van der Waals surface area contributed by atoms with Gasteiger partial charge in [-0.3, -0.25) is 10.1 Å². The van der Waals surface area contributed by atoms with Crippen LogP contribution in [-0.4, -0.2) is 56.7 Å². The van der Waals surface area contributed by atoms with E-state index in [0.717, 1.165) is 25.2 Å². The maximum atomic E-state index is 11.6. The van der Waals surface area contributed by atoms with Crippen LogP contribution >= 0.6 is 0 Å². The van der Waals surface area contributed by atoms with Crippen LogP contribution in [-0.2, 0) is 4.79 Å². The number of pyridine rings is 1. The number of carbonyl (C=O) groups is 1. The van der Waals surface area contributed by atoms with Gasteiger partial charge in [-0.25, -0.2) is 4.98 Å². The SMILES string of the molecule is C=CC(=O)Nc1nc2cccc(N3CCC[C@@H](Nc4ncc(C#N)c(OC)n4)C3)n2n1. The largest absolute Gasteiger partial charge is 0.480 e. The summed E-state index contributed by atoms with van der Waals surface area (Å²) in [6.07, 6.45) is 4.52. The second-order valence-electron chi connectivity index (χ2n) is 6.94. The van der Waals surface area contributed by atoms with Crippen molar-refractivity contribution in [3.05, 3.63) is 42.6 Å². The average molecular weight is 419 g/mol. The van der Waals surface area contributed by atoms with Crippen molar-refractivity contribution in [2.45, 2.75) is 18.9 Å². The Labute approximate surface area is 178 Å². The Morgan fingerprint density at radius 3 is 3.03 bits per heavy atom. The predicted molar refractivity (Wildman–Crippen MR) is 114 cm³/mol. The summed E-state index contributed by atoms with van der Waals surface area (Å²) >= 11 is 0. The number of anilines is 3. The van der Waals surface area contributed by atoms with E-state index in [1.807, 2.05) is 24.3 Å². The fourth-order valence-corrected chi connectivity index (χ4v) is 3.50. The number of carbonyl (C=O) groups excluding carboxylic acids is 1. The molecule has 4 heterocycles. The van der Waals surface area contributed by atoms with Crippen molar-refractivity contribution in [2.75, 3.05) is 35.7 Å². The molecule has 1 amide bonds. The molecule has 0 unspecified atom stereocenters. The van der Waals surface area contributed by atoms with Gasteiger partial charge in [-0.2, -0.15) is 19.7 Å². The van der Waals surface area contributed by atoms with Gasteiger partial charge >= 0.3 is 0 Å². The molecule has 31 heavy (non-hydrogen) atoms. The van der Waals surface area contributed by atoms with Gasteiger partial charge in [0.1, 0.15) is 17.5 Å². The van der Waals surface area contributed by atoms with Crippen LogP contribution in [0.1, 0.15) is 18.4 Å². The Bertz CT molecular complexity index is 1170. The summed E-state index contributed by atoms with van der Waals surface area (Å²) in [5.41, 5.74) is 0.919. The molecule has 1 aliphatic heterocycles. The van der Waals surface area contributed by atoms with Gasteiger partial charge in [0, 0.05) is 19.1 Å². The smallest absolute Gasteiger partial charge is 0.250 e. The summed E-state index contributed by atoms with van der Waals surface area (Å²) in [6.45, 7) is 4.99. The minimum absolute atomic E-state index is 0.0881. The topological polar surface area (TPSA) is 133 Å². The van der Waals surface area contributed by atoms with E-state index < -0.39 is 0 Å². The molecular formula is C20H21N9O2. The molecule has 158 valence electrons. The monoisotopic (exact) mass is 419 g/mol. The van der Waals surface area contributed by atoms with E-state index in [2.05, 4.69) is 42.2 Å². The first kappa shape index (κ1) is 20.1. The number of aromatic nitrogens is 5. The van der Waals surface area contributed by atoms with E-state index in [1.54, 1.807) is 4.52 Å². The Balaban J connectivity index is 1.53. The first-order chi connectivity index (χ1) is 15.1. The summed E-state index contributed by atoms with van der Waals surface area (Å²) in [4.78, 5) is 26.6. The molecule has 0 saturated carbocycles.